The molecule has 7 heteroatoms. The fourth-order valence-corrected chi connectivity index (χ4v) is 2.98. The molecule has 0 unspecified atom stereocenters. The average Bonchev–Trinajstić information content (AvgIpc) is 3.01. The van der Waals surface area contributed by atoms with E-state index >= 15 is 0 Å². The van der Waals surface area contributed by atoms with Gasteiger partial charge in [-0.05, 0) is 32.4 Å². The third-order valence-electron chi connectivity index (χ3n) is 3.51. The minimum atomic E-state index is -0.203. The van der Waals surface area contributed by atoms with Gasteiger partial charge in [0.25, 0.3) is 5.91 Å². The fourth-order valence-electron chi connectivity index (χ4n) is 2.29. The molecule has 0 atom stereocenters. The molecule has 0 fully saturated rings. The summed E-state index contributed by atoms with van der Waals surface area (Å²) in [6.07, 6.45) is 0. The Morgan fingerprint density at radius 3 is 2.40 bits per heavy atom. The lowest BCUT2D eigenvalue weighted by molar-refractivity contribution is 0.0946. The Labute approximate surface area is 150 Å². The second-order valence-electron chi connectivity index (χ2n) is 5.81. The summed E-state index contributed by atoms with van der Waals surface area (Å²) in [6, 6.07) is 9.95. The number of anilines is 2. The van der Waals surface area contributed by atoms with Crippen LogP contribution >= 0.6 is 11.3 Å². The number of nitrogens with zero attached hydrogens (tertiary/aromatic N) is 3. The summed E-state index contributed by atoms with van der Waals surface area (Å²) in [5, 5.41) is 8.23. The first-order valence-corrected chi connectivity index (χ1v) is 8.76. The molecular weight excluding hydrogens is 334 g/mol. The molecule has 0 saturated heterocycles. The van der Waals surface area contributed by atoms with Crippen LogP contribution in [0.4, 0.5) is 11.1 Å². The first kappa shape index (κ1) is 17.0. The number of aromatic nitrogens is 3. The maximum Gasteiger partial charge on any atom is 0.271 e. The molecule has 0 bridgehead atoms. The van der Waals surface area contributed by atoms with Gasteiger partial charge in [0.1, 0.15) is 5.69 Å². The summed E-state index contributed by atoms with van der Waals surface area (Å²) in [6.45, 7) is 6.32. The lowest BCUT2D eigenvalue weighted by atomic mass is 10.1. The average molecular weight is 353 g/mol. The van der Waals surface area contributed by atoms with Crippen molar-refractivity contribution in [1.82, 2.24) is 20.3 Å². The highest BCUT2D eigenvalue weighted by Crippen LogP contribution is 2.19. The quantitative estimate of drug-likeness (QED) is 0.733. The van der Waals surface area contributed by atoms with Crippen molar-refractivity contribution in [3.63, 3.8) is 0 Å². The summed E-state index contributed by atoms with van der Waals surface area (Å²) < 4.78 is 0. The van der Waals surface area contributed by atoms with E-state index in [2.05, 4.69) is 25.6 Å². The molecule has 2 aromatic heterocycles. The van der Waals surface area contributed by atoms with Crippen LogP contribution in [0, 0.1) is 20.8 Å². The second-order valence-corrected chi connectivity index (χ2v) is 6.66. The van der Waals surface area contributed by atoms with Crippen LogP contribution in [-0.2, 0) is 6.54 Å². The monoisotopic (exact) mass is 353 g/mol. The van der Waals surface area contributed by atoms with Gasteiger partial charge in [0.2, 0.25) is 5.95 Å². The number of carbonyl (C=O) groups excluding carboxylic acids is 1. The van der Waals surface area contributed by atoms with Crippen molar-refractivity contribution < 1.29 is 4.79 Å². The van der Waals surface area contributed by atoms with E-state index in [1.54, 1.807) is 5.38 Å². The molecule has 25 heavy (non-hydrogen) atoms. The number of nitrogens with one attached hydrogen (secondary N) is 2. The molecule has 0 aliphatic carbocycles. The molecule has 6 nitrogen and oxygen atoms in total. The van der Waals surface area contributed by atoms with Crippen LogP contribution < -0.4 is 10.6 Å². The molecule has 2 heterocycles. The van der Waals surface area contributed by atoms with Gasteiger partial charge in [-0.15, -0.1) is 11.3 Å². The predicted molar refractivity (Wildman–Crippen MR) is 99.3 cm³/mol. The van der Waals surface area contributed by atoms with Crippen LogP contribution in [0.3, 0.4) is 0 Å². The highest BCUT2D eigenvalue weighted by atomic mass is 32.1. The summed E-state index contributed by atoms with van der Waals surface area (Å²) in [5.41, 5.74) is 4.38. The molecule has 0 aliphatic heterocycles. The largest absolute Gasteiger partial charge is 0.347 e. The molecule has 128 valence electrons. The highest BCUT2D eigenvalue weighted by Gasteiger charge is 2.11. The maximum atomic E-state index is 12.2. The summed E-state index contributed by atoms with van der Waals surface area (Å²) in [5.74, 6) is 0.282. The smallest absolute Gasteiger partial charge is 0.271 e. The first-order chi connectivity index (χ1) is 12.0. The van der Waals surface area contributed by atoms with Crippen molar-refractivity contribution in [3.05, 3.63) is 63.9 Å². The van der Waals surface area contributed by atoms with Gasteiger partial charge in [-0.1, -0.05) is 29.8 Å². The number of amides is 1. The van der Waals surface area contributed by atoms with Crippen LogP contribution in [0.2, 0.25) is 0 Å². The van der Waals surface area contributed by atoms with E-state index in [0.717, 1.165) is 17.0 Å². The van der Waals surface area contributed by atoms with Crippen LogP contribution in [0.1, 0.15) is 33.0 Å². The Hall–Kier alpha value is -2.80. The molecule has 0 spiro atoms. The summed E-state index contributed by atoms with van der Waals surface area (Å²) in [4.78, 5) is 25.2. The second kappa shape index (κ2) is 7.40. The van der Waals surface area contributed by atoms with Gasteiger partial charge in [0, 0.05) is 23.3 Å². The SMILES string of the molecule is Cc1ccc(CNC(=O)c2csc(Nc3nc(C)cc(C)n3)n2)cc1. The van der Waals surface area contributed by atoms with E-state index in [1.807, 2.05) is 51.1 Å². The van der Waals surface area contributed by atoms with Crippen LogP contribution in [0.25, 0.3) is 0 Å². The molecule has 1 amide bonds. The standard InChI is InChI=1S/C18H19N5OS/c1-11-4-6-14(7-5-11)9-19-16(24)15-10-25-18(22-15)23-17-20-12(2)8-13(3)21-17/h4-8,10H,9H2,1-3H3,(H,19,24)(H,20,21,22,23). The number of benzene rings is 1. The first-order valence-electron chi connectivity index (χ1n) is 7.88. The van der Waals surface area contributed by atoms with Crippen molar-refractivity contribution in [2.24, 2.45) is 0 Å². The Kier molecular flexibility index (Phi) is 5.04. The van der Waals surface area contributed by atoms with E-state index in [1.165, 1.54) is 16.9 Å². The lowest BCUT2D eigenvalue weighted by Gasteiger charge is -2.04. The van der Waals surface area contributed by atoms with Crippen molar-refractivity contribution >= 4 is 28.3 Å². The van der Waals surface area contributed by atoms with Crippen LogP contribution in [0.5, 0.6) is 0 Å². The molecule has 3 aromatic rings. The van der Waals surface area contributed by atoms with E-state index in [-0.39, 0.29) is 5.91 Å². The molecule has 0 radical (unpaired) electrons. The van der Waals surface area contributed by atoms with Gasteiger partial charge in [-0.2, -0.15) is 0 Å². The molecular formula is C18H19N5OS. The third-order valence-corrected chi connectivity index (χ3v) is 4.27. The zero-order valence-corrected chi connectivity index (χ0v) is 15.1. The number of rotatable bonds is 5. The molecule has 1 aromatic carbocycles. The van der Waals surface area contributed by atoms with Crippen molar-refractivity contribution in [2.75, 3.05) is 5.32 Å². The number of thiazole rings is 1. The zero-order valence-electron chi connectivity index (χ0n) is 14.3. The van der Waals surface area contributed by atoms with Crippen molar-refractivity contribution in [3.8, 4) is 0 Å². The minimum absolute atomic E-state index is 0.203. The Morgan fingerprint density at radius 2 is 1.72 bits per heavy atom. The van der Waals surface area contributed by atoms with E-state index < -0.39 is 0 Å². The van der Waals surface area contributed by atoms with Gasteiger partial charge < -0.3 is 10.6 Å². The van der Waals surface area contributed by atoms with Gasteiger partial charge in [0.15, 0.2) is 5.13 Å². The minimum Gasteiger partial charge on any atom is -0.347 e. The topological polar surface area (TPSA) is 79.8 Å². The zero-order chi connectivity index (χ0) is 17.8. The van der Waals surface area contributed by atoms with E-state index in [4.69, 9.17) is 0 Å². The predicted octanol–water partition coefficient (Wildman–Crippen LogP) is 3.53. The summed E-state index contributed by atoms with van der Waals surface area (Å²) >= 11 is 1.34. The van der Waals surface area contributed by atoms with Crippen molar-refractivity contribution in [2.45, 2.75) is 27.3 Å². The lowest BCUT2D eigenvalue weighted by Crippen LogP contribution is -2.23. The Balaban J connectivity index is 1.62. The maximum absolute atomic E-state index is 12.2. The molecule has 2 N–H and O–H groups in total. The Bertz CT molecular complexity index is 868. The number of hydrogen-bond acceptors (Lipinski definition) is 6. The molecule has 0 aliphatic rings. The van der Waals surface area contributed by atoms with Gasteiger partial charge in [-0.25, -0.2) is 15.0 Å². The molecule has 3 rings (SSSR count). The van der Waals surface area contributed by atoms with E-state index in [9.17, 15) is 4.79 Å². The fraction of sp³-hybridized carbons (Fsp3) is 0.222. The third kappa shape index (κ3) is 4.60. The normalized spacial score (nSPS) is 10.5. The Morgan fingerprint density at radius 1 is 1.04 bits per heavy atom. The van der Waals surface area contributed by atoms with Gasteiger partial charge >= 0.3 is 0 Å². The number of aryl methyl sites for hydroxylation is 3. The van der Waals surface area contributed by atoms with E-state index in [0.29, 0.717) is 23.3 Å². The highest BCUT2D eigenvalue weighted by molar-refractivity contribution is 7.14. The van der Waals surface area contributed by atoms with Crippen LogP contribution in [0.15, 0.2) is 35.7 Å². The van der Waals surface area contributed by atoms with Gasteiger partial charge in [-0.3, -0.25) is 4.79 Å². The number of hydrogen-bond donors (Lipinski definition) is 2. The summed E-state index contributed by atoms with van der Waals surface area (Å²) in [7, 11) is 0. The number of carbonyl (C=O) groups is 1. The van der Waals surface area contributed by atoms with Crippen LogP contribution in [-0.4, -0.2) is 20.9 Å². The molecule has 0 saturated carbocycles. The van der Waals surface area contributed by atoms with Crippen molar-refractivity contribution in [1.29, 1.82) is 0 Å². The van der Waals surface area contributed by atoms with Gasteiger partial charge in [0.05, 0.1) is 0 Å².